The van der Waals surface area contributed by atoms with Gasteiger partial charge in [0.05, 0.1) is 25.4 Å². The smallest absolute Gasteiger partial charge is 0.185 e. The van der Waals surface area contributed by atoms with Crippen LogP contribution in [-0.4, -0.2) is 59.3 Å². The van der Waals surface area contributed by atoms with Gasteiger partial charge in [0.2, 0.25) is 0 Å². The lowest BCUT2D eigenvalue weighted by molar-refractivity contribution is -0.263. The highest BCUT2D eigenvalue weighted by atomic mass is 16.7. The van der Waals surface area contributed by atoms with Crippen LogP contribution in [0.1, 0.15) is 24.8 Å². The van der Waals surface area contributed by atoms with Gasteiger partial charge in [-0.1, -0.05) is 36.8 Å². The lowest BCUT2D eigenvalue weighted by Crippen LogP contribution is -2.61. The highest BCUT2D eigenvalue weighted by Crippen LogP contribution is 2.25. The van der Waals surface area contributed by atoms with Gasteiger partial charge in [0.1, 0.15) is 6.10 Å². The first-order chi connectivity index (χ1) is 10.8. The molecule has 1 aromatic carbocycles. The van der Waals surface area contributed by atoms with E-state index in [4.69, 9.17) is 9.47 Å². The molecule has 2 saturated heterocycles. The Bertz CT molecular complexity index is 449. The molecule has 2 heterocycles. The van der Waals surface area contributed by atoms with E-state index in [1.165, 1.54) is 6.42 Å². The molecule has 0 bridgehead atoms. The fourth-order valence-electron chi connectivity index (χ4n) is 3.35. The minimum Gasteiger partial charge on any atom is -0.389 e. The second-order valence-electron chi connectivity index (χ2n) is 6.14. The van der Waals surface area contributed by atoms with E-state index in [1.807, 2.05) is 30.3 Å². The Morgan fingerprint density at radius 2 is 1.82 bits per heavy atom. The summed E-state index contributed by atoms with van der Waals surface area (Å²) in [5.41, 5.74) is 1.04. The van der Waals surface area contributed by atoms with Gasteiger partial charge in [-0.2, -0.15) is 0 Å². The van der Waals surface area contributed by atoms with E-state index in [9.17, 15) is 10.2 Å². The minimum atomic E-state index is -0.828. The molecule has 2 fully saturated rings. The first-order valence-corrected chi connectivity index (χ1v) is 8.13. The Hall–Kier alpha value is -0.980. The molecular weight excluding hydrogens is 282 g/mol. The minimum absolute atomic E-state index is 0.206. The fraction of sp³-hybridized carbons (Fsp3) is 0.647. The van der Waals surface area contributed by atoms with Crippen LogP contribution in [-0.2, 0) is 16.1 Å². The van der Waals surface area contributed by atoms with E-state index in [0.29, 0.717) is 6.61 Å². The number of rotatable bonds is 4. The van der Waals surface area contributed by atoms with Crippen LogP contribution < -0.4 is 0 Å². The summed E-state index contributed by atoms with van der Waals surface area (Å²) >= 11 is 0. The van der Waals surface area contributed by atoms with Crippen molar-refractivity contribution in [3.63, 3.8) is 0 Å². The van der Waals surface area contributed by atoms with Gasteiger partial charge in [-0.3, -0.25) is 4.90 Å². The summed E-state index contributed by atoms with van der Waals surface area (Å²) in [7, 11) is 0. The molecular formula is C17H25NO4. The average Bonchev–Trinajstić information content (AvgIpc) is 2.56. The van der Waals surface area contributed by atoms with Crippen molar-refractivity contribution >= 4 is 0 Å². The molecule has 0 spiro atoms. The maximum atomic E-state index is 10.6. The Labute approximate surface area is 131 Å². The van der Waals surface area contributed by atoms with Crippen LogP contribution in [0.4, 0.5) is 0 Å². The number of benzene rings is 1. The number of hydrogen-bond acceptors (Lipinski definition) is 5. The zero-order valence-electron chi connectivity index (χ0n) is 12.8. The van der Waals surface area contributed by atoms with Crippen LogP contribution in [0.5, 0.6) is 0 Å². The van der Waals surface area contributed by atoms with Gasteiger partial charge >= 0.3 is 0 Å². The maximum absolute atomic E-state index is 10.6. The van der Waals surface area contributed by atoms with Crippen LogP contribution in [0, 0.1) is 0 Å². The summed E-state index contributed by atoms with van der Waals surface area (Å²) in [4.78, 5) is 2.18. The highest BCUT2D eigenvalue weighted by Gasteiger charge is 2.42. The van der Waals surface area contributed by atoms with E-state index in [1.54, 1.807) is 0 Å². The molecule has 22 heavy (non-hydrogen) atoms. The summed E-state index contributed by atoms with van der Waals surface area (Å²) in [6.45, 7) is 2.44. The molecule has 2 aliphatic heterocycles. The van der Waals surface area contributed by atoms with Crippen molar-refractivity contribution in [3.05, 3.63) is 35.9 Å². The van der Waals surface area contributed by atoms with Gasteiger partial charge in [-0.05, 0) is 31.5 Å². The first-order valence-electron chi connectivity index (χ1n) is 8.13. The Morgan fingerprint density at radius 1 is 1.09 bits per heavy atom. The zero-order valence-corrected chi connectivity index (χ0v) is 12.8. The van der Waals surface area contributed by atoms with Crippen molar-refractivity contribution in [2.45, 2.75) is 50.4 Å². The average molecular weight is 307 g/mol. The first kappa shape index (κ1) is 15.9. The molecule has 0 amide bonds. The molecule has 0 aromatic heterocycles. The molecule has 0 aliphatic carbocycles. The zero-order chi connectivity index (χ0) is 15.4. The number of nitrogens with zero attached hydrogens (tertiary/aromatic N) is 1. The molecule has 2 aliphatic rings. The number of aliphatic hydroxyl groups is 2. The summed E-state index contributed by atoms with van der Waals surface area (Å²) in [5.74, 6) is 0. The lowest BCUT2D eigenvalue weighted by Gasteiger charge is -2.44. The van der Waals surface area contributed by atoms with Crippen LogP contribution in [0.25, 0.3) is 0 Å². The second kappa shape index (κ2) is 7.53. The third-order valence-corrected chi connectivity index (χ3v) is 4.52. The van der Waals surface area contributed by atoms with Gasteiger partial charge in [0.25, 0.3) is 0 Å². The largest absolute Gasteiger partial charge is 0.389 e. The quantitative estimate of drug-likeness (QED) is 0.873. The molecule has 0 saturated carbocycles. The van der Waals surface area contributed by atoms with Crippen molar-refractivity contribution in [1.82, 2.24) is 4.90 Å². The van der Waals surface area contributed by atoms with E-state index in [2.05, 4.69) is 4.90 Å². The SMILES string of the molecule is O[C@H]1[C@H](OCc2ccccc2)OC[C@@H](O)[C@@H]1N1CCCCC1. The van der Waals surface area contributed by atoms with E-state index in [0.717, 1.165) is 31.5 Å². The van der Waals surface area contributed by atoms with Crippen molar-refractivity contribution in [2.75, 3.05) is 19.7 Å². The summed E-state index contributed by atoms with van der Waals surface area (Å²) in [6.07, 6.45) is 1.28. The van der Waals surface area contributed by atoms with Crippen molar-refractivity contribution < 1.29 is 19.7 Å². The Morgan fingerprint density at radius 3 is 2.55 bits per heavy atom. The molecule has 4 atom stereocenters. The third-order valence-electron chi connectivity index (χ3n) is 4.52. The highest BCUT2D eigenvalue weighted by molar-refractivity contribution is 5.13. The molecule has 2 N–H and O–H groups in total. The molecule has 0 radical (unpaired) electrons. The fourth-order valence-corrected chi connectivity index (χ4v) is 3.35. The molecule has 1 aromatic rings. The van der Waals surface area contributed by atoms with Crippen molar-refractivity contribution in [3.8, 4) is 0 Å². The van der Waals surface area contributed by atoms with Crippen LogP contribution in [0.2, 0.25) is 0 Å². The standard InChI is InChI=1S/C17H25NO4/c19-14-12-22-17(21-11-13-7-3-1-4-8-13)16(20)15(14)18-9-5-2-6-10-18/h1,3-4,7-8,14-17,19-20H,2,5-6,9-12H2/t14-,15+,16-,17-/m1/s1. The lowest BCUT2D eigenvalue weighted by atomic mass is 9.97. The van der Waals surface area contributed by atoms with E-state index < -0.39 is 18.5 Å². The number of hydrogen-bond donors (Lipinski definition) is 2. The number of piperidine rings is 1. The summed E-state index contributed by atoms with van der Waals surface area (Å²) in [6, 6.07) is 9.53. The topological polar surface area (TPSA) is 62.2 Å². The van der Waals surface area contributed by atoms with Gasteiger partial charge in [0.15, 0.2) is 6.29 Å². The van der Waals surface area contributed by atoms with Crippen LogP contribution in [0.15, 0.2) is 30.3 Å². The predicted molar refractivity (Wildman–Crippen MR) is 82.2 cm³/mol. The van der Waals surface area contributed by atoms with Gasteiger partial charge in [-0.15, -0.1) is 0 Å². The number of ether oxygens (including phenoxy) is 2. The molecule has 3 rings (SSSR count). The van der Waals surface area contributed by atoms with E-state index >= 15 is 0 Å². The van der Waals surface area contributed by atoms with Gasteiger partial charge in [-0.25, -0.2) is 0 Å². The predicted octanol–water partition coefficient (Wildman–Crippen LogP) is 1.14. The van der Waals surface area contributed by atoms with Crippen molar-refractivity contribution in [2.24, 2.45) is 0 Å². The Balaban J connectivity index is 1.60. The van der Waals surface area contributed by atoms with Crippen LogP contribution >= 0.6 is 0 Å². The van der Waals surface area contributed by atoms with Gasteiger partial charge < -0.3 is 19.7 Å². The molecule has 122 valence electrons. The number of aliphatic hydroxyl groups excluding tert-OH is 2. The van der Waals surface area contributed by atoms with Crippen LogP contribution in [0.3, 0.4) is 0 Å². The summed E-state index contributed by atoms with van der Waals surface area (Å²) in [5, 5.41) is 20.8. The van der Waals surface area contributed by atoms with E-state index in [-0.39, 0.29) is 12.6 Å². The number of likely N-dealkylation sites (tertiary alicyclic amines) is 1. The molecule has 5 nitrogen and oxygen atoms in total. The second-order valence-corrected chi connectivity index (χ2v) is 6.14. The van der Waals surface area contributed by atoms with Gasteiger partial charge in [0, 0.05) is 0 Å². The third kappa shape index (κ3) is 3.67. The van der Waals surface area contributed by atoms with Crippen molar-refractivity contribution in [1.29, 1.82) is 0 Å². The normalized spacial score (nSPS) is 33.7. The monoisotopic (exact) mass is 307 g/mol. The molecule has 5 heteroatoms. The summed E-state index contributed by atoms with van der Waals surface area (Å²) < 4.78 is 11.2. The Kier molecular flexibility index (Phi) is 5.44. The molecule has 0 unspecified atom stereocenters. The maximum Gasteiger partial charge on any atom is 0.185 e.